The van der Waals surface area contributed by atoms with Gasteiger partial charge < -0.3 is 15.0 Å². The van der Waals surface area contributed by atoms with Crippen molar-refractivity contribution in [3.63, 3.8) is 0 Å². The van der Waals surface area contributed by atoms with Gasteiger partial charge in [0.05, 0.1) is 6.54 Å². The summed E-state index contributed by atoms with van der Waals surface area (Å²) in [5.74, 6) is -1.10. The number of carbonyl (C=O) groups is 2. The maximum absolute atomic E-state index is 11.9. The number of aromatic carboxylic acids is 1. The predicted octanol–water partition coefficient (Wildman–Crippen LogP) is 1.07. The SMILES string of the molecule is Cc1[nH]c(C(=O)O)c(C)c1C(=O)CN(C)C. The van der Waals surface area contributed by atoms with Gasteiger partial charge in [0.2, 0.25) is 0 Å². The van der Waals surface area contributed by atoms with Crippen LogP contribution in [-0.2, 0) is 0 Å². The van der Waals surface area contributed by atoms with Crippen LogP contribution in [-0.4, -0.2) is 47.4 Å². The number of likely N-dealkylation sites (N-methyl/N-ethyl adjacent to an activating group) is 1. The summed E-state index contributed by atoms with van der Waals surface area (Å²) in [6.45, 7) is 3.64. The number of Topliss-reactive ketones (excluding diaryl/α,β-unsaturated/α-hetero) is 1. The van der Waals surface area contributed by atoms with E-state index in [0.717, 1.165) is 0 Å². The van der Waals surface area contributed by atoms with Gasteiger partial charge in [0.15, 0.2) is 5.78 Å². The zero-order valence-corrected chi connectivity index (χ0v) is 9.92. The molecular weight excluding hydrogens is 208 g/mol. The van der Waals surface area contributed by atoms with E-state index in [2.05, 4.69) is 4.98 Å². The molecule has 16 heavy (non-hydrogen) atoms. The highest BCUT2D eigenvalue weighted by molar-refractivity contribution is 6.03. The third kappa shape index (κ3) is 2.30. The van der Waals surface area contributed by atoms with Crippen molar-refractivity contribution in [2.24, 2.45) is 0 Å². The maximum Gasteiger partial charge on any atom is 0.352 e. The maximum atomic E-state index is 11.9. The van der Waals surface area contributed by atoms with Crippen molar-refractivity contribution in [3.05, 3.63) is 22.5 Å². The summed E-state index contributed by atoms with van der Waals surface area (Å²) in [7, 11) is 3.60. The van der Waals surface area contributed by atoms with Crippen LogP contribution in [0.1, 0.15) is 32.1 Å². The first-order valence-electron chi connectivity index (χ1n) is 4.95. The van der Waals surface area contributed by atoms with Gasteiger partial charge in [-0.15, -0.1) is 0 Å². The summed E-state index contributed by atoms with van der Waals surface area (Å²) in [6, 6.07) is 0. The van der Waals surface area contributed by atoms with E-state index in [0.29, 0.717) is 16.8 Å². The van der Waals surface area contributed by atoms with E-state index in [1.807, 2.05) is 0 Å². The van der Waals surface area contributed by atoms with Crippen molar-refractivity contribution in [2.75, 3.05) is 20.6 Å². The zero-order valence-electron chi connectivity index (χ0n) is 9.92. The summed E-state index contributed by atoms with van der Waals surface area (Å²) in [6.07, 6.45) is 0. The molecule has 5 heteroatoms. The Morgan fingerprint density at radius 2 is 1.88 bits per heavy atom. The summed E-state index contributed by atoms with van der Waals surface area (Å²) < 4.78 is 0. The average Bonchev–Trinajstić information content (AvgIpc) is 2.40. The minimum atomic E-state index is -1.04. The van der Waals surface area contributed by atoms with Crippen LogP contribution in [0.5, 0.6) is 0 Å². The fraction of sp³-hybridized carbons (Fsp3) is 0.455. The molecule has 0 aromatic carbocycles. The number of carbonyl (C=O) groups excluding carboxylic acids is 1. The van der Waals surface area contributed by atoms with Crippen molar-refractivity contribution >= 4 is 11.8 Å². The lowest BCUT2D eigenvalue weighted by atomic mass is 10.1. The third-order valence-corrected chi connectivity index (χ3v) is 2.39. The van der Waals surface area contributed by atoms with Gasteiger partial charge in [0.1, 0.15) is 5.69 Å². The molecule has 0 saturated heterocycles. The molecule has 1 rings (SSSR count). The van der Waals surface area contributed by atoms with Gasteiger partial charge in [-0.25, -0.2) is 4.79 Å². The Morgan fingerprint density at radius 1 is 1.31 bits per heavy atom. The fourth-order valence-electron chi connectivity index (χ4n) is 1.75. The average molecular weight is 224 g/mol. The van der Waals surface area contributed by atoms with Crippen LogP contribution >= 0.6 is 0 Å². The first kappa shape index (κ1) is 12.4. The Bertz CT molecular complexity index is 433. The number of aromatic nitrogens is 1. The fourth-order valence-corrected chi connectivity index (χ4v) is 1.75. The van der Waals surface area contributed by atoms with Gasteiger partial charge in [-0.2, -0.15) is 0 Å². The van der Waals surface area contributed by atoms with Gasteiger partial charge in [0, 0.05) is 11.3 Å². The van der Waals surface area contributed by atoms with Gasteiger partial charge >= 0.3 is 5.97 Å². The molecule has 0 bridgehead atoms. The van der Waals surface area contributed by atoms with Gasteiger partial charge in [-0.3, -0.25) is 4.79 Å². The molecular formula is C11H16N2O3. The molecule has 0 amide bonds. The first-order chi connectivity index (χ1) is 7.34. The first-order valence-corrected chi connectivity index (χ1v) is 4.95. The molecule has 0 unspecified atom stereocenters. The molecule has 1 aromatic heterocycles. The van der Waals surface area contributed by atoms with Crippen LogP contribution in [0.15, 0.2) is 0 Å². The molecule has 0 aliphatic carbocycles. The quantitative estimate of drug-likeness (QED) is 0.750. The number of hydrogen-bond acceptors (Lipinski definition) is 3. The number of ketones is 1. The van der Waals surface area contributed by atoms with Crippen molar-refractivity contribution in [1.82, 2.24) is 9.88 Å². The molecule has 5 nitrogen and oxygen atoms in total. The molecule has 2 N–H and O–H groups in total. The van der Waals surface area contributed by atoms with E-state index in [1.165, 1.54) is 0 Å². The molecule has 0 aliphatic heterocycles. The number of nitrogens with one attached hydrogen (secondary N) is 1. The number of hydrogen-bond donors (Lipinski definition) is 2. The third-order valence-electron chi connectivity index (χ3n) is 2.39. The summed E-state index contributed by atoms with van der Waals surface area (Å²) in [4.78, 5) is 27.2. The van der Waals surface area contributed by atoms with Crippen LogP contribution < -0.4 is 0 Å². The number of aryl methyl sites for hydroxylation is 1. The largest absolute Gasteiger partial charge is 0.477 e. The monoisotopic (exact) mass is 224 g/mol. The Balaban J connectivity index is 3.14. The lowest BCUT2D eigenvalue weighted by molar-refractivity contribution is 0.0690. The lowest BCUT2D eigenvalue weighted by Gasteiger charge is -2.08. The number of carboxylic acid groups (broad SMARTS) is 1. The van der Waals surface area contributed by atoms with Crippen LogP contribution in [0.3, 0.4) is 0 Å². The van der Waals surface area contributed by atoms with Crippen molar-refractivity contribution in [2.45, 2.75) is 13.8 Å². The van der Waals surface area contributed by atoms with E-state index in [1.54, 1.807) is 32.8 Å². The topological polar surface area (TPSA) is 73.4 Å². The standard InChI is InChI=1S/C11H16N2O3/c1-6-9(8(14)5-13(3)4)7(2)12-10(6)11(15)16/h12H,5H2,1-4H3,(H,15,16). The van der Waals surface area contributed by atoms with Crippen molar-refractivity contribution in [3.8, 4) is 0 Å². The highest BCUT2D eigenvalue weighted by atomic mass is 16.4. The summed E-state index contributed by atoms with van der Waals surface area (Å²) >= 11 is 0. The molecule has 0 spiro atoms. The Hall–Kier alpha value is -1.62. The predicted molar refractivity (Wildman–Crippen MR) is 60.1 cm³/mol. The molecule has 0 fully saturated rings. The summed E-state index contributed by atoms with van der Waals surface area (Å²) in [5.41, 5.74) is 1.71. The van der Waals surface area contributed by atoms with Gasteiger partial charge in [-0.1, -0.05) is 0 Å². The van der Waals surface area contributed by atoms with Gasteiger partial charge in [0.25, 0.3) is 0 Å². The summed E-state index contributed by atoms with van der Waals surface area (Å²) in [5, 5.41) is 8.91. The minimum Gasteiger partial charge on any atom is -0.477 e. The zero-order chi connectivity index (χ0) is 12.5. The molecule has 88 valence electrons. The highest BCUT2D eigenvalue weighted by Gasteiger charge is 2.21. The molecule has 0 radical (unpaired) electrons. The van der Waals surface area contributed by atoms with E-state index in [-0.39, 0.29) is 18.0 Å². The van der Waals surface area contributed by atoms with E-state index < -0.39 is 5.97 Å². The van der Waals surface area contributed by atoms with Crippen LogP contribution in [0.25, 0.3) is 0 Å². The Labute approximate surface area is 94.1 Å². The molecule has 1 heterocycles. The molecule has 1 aromatic rings. The van der Waals surface area contributed by atoms with Crippen molar-refractivity contribution in [1.29, 1.82) is 0 Å². The van der Waals surface area contributed by atoms with Gasteiger partial charge in [-0.05, 0) is 33.5 Å². The number of carboxylic acids is 1. The molecule has 0 aliphatic rings. The number of rotatable bonds is 4. The number of aromatic amines is 1. The van der Waals surface area contributed by atoms with E-state index in [9.17, 15) is 9.59 Å². The van der Waals surface area contributed by atoms with Crippen molar-refractivity contribution < 1.29 is 14.7 Å². The van der Waals surface area contributed by atoms with Crippen LogP contribution in [0, 0.1) is 13.8 Å². The second kappa shape index (κ2) is 4.49. The molecule has 0 saturated carbocycles. The van der Waals surface area contributed by atoms with Crippen LogP contribution in [0.2, 0.25) is 0 Å². The molecule has 0 atom stereocenters. The lowest BCUT2D eigenvalue weighted by Crippen LogP contribution is -2.22. The Morgan fingerprint density at radius 3 is 2.25 bits per heavy atom. The van der Waals surface area contributed by atoms with Crippen LogP contribution in [0.4, 0.5) is 0 Å². The second-order valence-corrected chi connectivity index (χ2v) is 4.09. The van der Waals surface area contributed by atoms with E-state index in [4.69, 9.17) is 5.11 Å². The normalized spacial score (nSPS) is 10.8. The minimum absolute atomic E-state index is 0.0660. The highest BCUT2D eigenvalue weighted by Crippen LogP contribution is 2.18. The number of H-pyrrole nitrogens is 1. The van der Waals surface area contributed by atoms with E-state index >= 15 is 0 Å². The Kier molecular flexibility index (Phi) is 3.49. The number of nitrogens with zero attached hydrogens (tertiary/aromatic N) is 1. The smallest absolute Gasteiger partial charge is 0.352 e. The second-order valence-electron chi connectivity index (χ2n) is 4.09.